The number of nitrogens with one attached hydrogen (secondary N) is 1. The standard InChI is InChI=1S/C20H16Cl2FN3O/c21-15-8-7-13(12-16(15)22)24-20(27)26-11-10-25-9-3-6-18(25)19(26)14-4-1-2-5-17(14)23/h1-9,12,19H,10-11H2,(H,24,27)/t19-/m0/s1. The molecule has 0 unspecified atom stereocenters. The van der Waals surface area contributed by atoms with Gasteiger partial charge in [0.05, 0.1) is 10.0 Å². The smallest absolute Gasteiger partial charge is 0.322 e. The summed E-state index contributed by atoms with van der Waals surface area (Å²) in [5.74, 6) is -0.343. The third-order valence-corrected chi connectivity index (χ3v) is 5.41. The number of rotatable bonds is 2. The van der Waals surface area contributed by atoms with E-state index in [4.69, 9.17) is 23.2 Å². The van der Waals surface area contributed by atoms with E-state index >= 15 is 0 Å². The summed E-state index contributed by atoms with van der Waals surface area (Å²) in [4.78, 5) is 14.6. The van der Waals surface area contributed by atoms with Crippen molar-refractivity contribution in [1.82, 2.24) is 9.47 Å². The van der Waals surface area contributed by atoms with Gasteiger partial charge in [-0.25, -0.2) is 9.18 Å². The van der Waals surface area contributed by atoms with Gasteiger partial charge in [0.1, 0.15) is 11.9 Å². The Kier molecular flexibility index (Phi) is 4.81. The van der Waals surface area contributed by atoms with Crippen LogP contribution in [0, 0.1) is 5.82 Å². The van der Waals surface area contributed by atoms with Crippen LogP contribution >= 0.6 is 23.2 Å². The molecule has 138 valence electrons. The van der Waals surface area contributed by atoms with Crippen molar-refractivity contribution in [3.8, 4) is 0 Å². The molecule has 1 aliphatic heterocycles. The number of hydrogen-bond acceptors (Lipinski definition) is 1. The number of amides is 2. The van der Waals surface area contributed by atoms with Crippen molar-refractivity contribution in [1.29, 1.82) is 0 Å². The van der Waals surface area contributed by atoms with Gasteiger partial charge in [-0.2, -0.15) is 0 Å². The SMILES string of the molecule is O=C(Nc1ccc(Cl)c(Cl)c1)N1CCn2cccc2[C@@H]1c1ccccc1F. The lowest BCUT2D eigenvalue weighted by molar-refractivity contribution is 0.180. The van der Waals surface area contributed by atoms with Crippen molar-refractivity contribution in [2.75, 3.05) is 11.9 Å². The molecule has 1 aliphatic rings. The van der Waals surface area contributed by atoms with Gasteiger partial charge in [0.25, 0.3) is 0 Å². The molecule has 27 heavy (non-hydrogen) atoms. The van der Waals surface area contributed by atoms with E-state index < -0.39 is 6.04 Å². The maximum atomic E-state index is 14.5. The molecule has 2 heterocycles. The monoisotopic (exact) mass is 403 g/mol. The molecule has 4 nitrogen and oxygen atoms in total. The van der Waals surface area contributed by atoms with Crippen molar-refractivity contribution in [2.45, 2.75) is 12.6 Å². The number of urea groups is 1. The summed E-state index contributed by atoms with van der Waals surface area (Å²) in [6.07, 6.45) is 1.94. The lowest BCUT2D eigenvalue weighted by atomic mass is 9.99. The fourth-order valence-corrected chi connectivity index (χ4v) is 3.69. The topological polar surface area (TPSA) is 37.3 Å². The van der Waals surface area contributed by atoms with Crippen LogP contribution in [-0.4, -0.2) is 22.0 Å². The Bertz CT molecular complexity index is 1000. The molecule has 1 N–H and O–H groups in total. The second-order valence-electron chi connectivity index (χ2n) is 6.30. The van der Waals surface area contributed by atoms with Crippen LogP contribution in [0.3, 0.4) is 0 Å². The normalized spacial score (nSPS) is 16.1. The lowest BCUT2D eigenvalue weighted by Crippen LogP contribution is -2.44. The molecule has 0 aliphatic carbocycles. The Morgan fingerprint density at radius 3 is 2.63 bits per heavy atom. The molecular formula is C20H16Cl2FN3O. The minimum atomic E-state index is -0.516. The van der Waals surface area contributed by atoms with Crippen molar-refractivity contribution in [2.24, 2.45) is 0 Å². The average Bonchev–Trinajstić information content (AvgIpc) is 3.13. The van der Waals surface area contributed by atoms with E-state index in [0.717, 1.165) is 5.69 Å². The summed E-state index contributed by atoms with van der Waals surface area (Å²) in [6.45, 7) is 1.09. The Hall–Kier alpha value is -2.50. The average molecular weight is 404 g/mol. The van der Waals surface area contributed by atoms with Crippen LogP contribution in [0.5, 0.6) is 0 Å². The number of benzene rings is 2. The first-order valence-corrected chi connectivity index (χ1v) is 9.22. The zero-order chi connectivity index (χ0) is 19.0. The Labute approximate surface area is 166 Å². The van der Waals surface area contributed by atoms with Crippen molar-refractivity contribution in [3.63, 3.8) is 0 Å². The van der Waals surface area contributed by atoms with E-state index in [0.29, 0.717) is 34.4 Å². The van der Waals surface area contributed by atoms with Gasteiger partial charge in [-0.15, -0.1) is 0 Å². The van der Waals surface area contributed by atoms with Crippen LogP contribution < -0.4 is 5.32 Å². The van der Waals surface area contributed by atoms with E-state index in [2.05, 4.69) is 5.32 Å². The van der Waals surface area contributed by atoms with Gasteiger partial charge in [-0.3, -0.25) is 0 Å². The summed E-state index contributed by atoms with van der Waals surface area (Å²) >= 11 is 12.0. The number of hydrogen-bond donors (Lipinski definition) is 1. The summed E-state index contributed by atoms with van der Waals surface area (Å²) in [7, 11) is 0. The highest BCUT2D eigenvalue weighted by Crippen LogP contribution is 2.34. The van der Waals surface area contributed by atoms with Gasteiger partial charge >= 0.3 is 6.03 Å². The first-order valence-electron chi connectivity index (χ1n) is 8.47. The number of halogens is 3. The number of fused-ring (bicyclic) bond motifs is 1. The second kappa shape index (κ2) is 7.25. The quantitative estimate of drug-likeness (QED) is 0.596. The van der Waals surface area contributed by atoms with Gasteiger partial charge in [0.2, 0.25) is 0 Å². The molecule has 3 aromatic rings. The molecule has 2 amide bonds. The van der Waals surface area contributed by atoms with Crippen LogP contribution in [0.4, 0.5) is 14.9 Å². The molecule has 0 bridgehead atoms. The largest absolute Gasteiger partial charge is 0.348 e. The molecule has 1 atom stereocenters. The van der Waals surface area contributed by atoms with E-state index in [-0.39, 0.29) is 11.8 Å². The fourth-order valence-electron chi connectivity index (χ4n) is 3.40. The first kappa shape index (κ1) is 17.9. The highest BCUT2D eigenvalue weighted by molar-refractivity contribution is 6.42. The van der Waals surface area contributed by atoms with Crippen LogP contribution in [0.1, 0.15) is 17.3 Å². The predicted molar refractivity (Wildman–Crippen MR) is 105 cm³/mol. The van der Waals surface area contributed by atoms with E-state index in [1.54, 1.807) is 41.3 Å². The summed E-state index contributed by atoms with van der Waals surface area (Å²) < 4.78 is 16.6. The summed E-state index contributed by atoms with van der Waals surface area (Å²) in [6, 6.07) is 14.4. The first-order chi connectivity index (χ1) is 13.0. The Balaban J connectivity index is 1.69. The third-order valence-electron chi connectivity index (χ3n) is 4.67. The van der Waals surface area contributed by atoms with Crippen molar-refractivity contribution in [3.05, 3.63) is 87.9 Å². The predicted octanol–water partition coefficient (Wildman–Crippen LogP) is 5.57. The van der Waals surface area contributed by atoms with Gasteiger partial charge in [0, 0.05) is 36.2 Å². The van der Waals surface area contributed by atoms with E-state index in [1.807, 2.05) is 22.9 Å². The zero-order valence-electron chi connectivity index (χ0n) is 14.2. The molecule has 0 saturated heterocycles. The van der Waals surface area contributed by atoms with Crippen molar-refractivity contribution >= 4 is 34.9 Å². The van der Waals surface area contributed by atoms with E-state index in [1.165, 1.54) is 6.07 Å². The molecule has 4 rings (SSSR count). The van der Waals surface area contributed by atoms with Gasteiger partial charge in [-0.1, -0.05) is 41.4 Å². The number of carbonyl (C=O) groups excluding carboxylic acids is 1. The molecule has 0 spiro atoms. The van der Waals surface area contributed by atoms with Crippen LogP contribution in [0.15, 0.2) is 60.8 Å². The minimum Gasteiger partial charge on any atom is -0.348 e. The van der Waals surface area contributed by atoms with E-state index in [9.17, 15) is 9.18 Å². The number of nitrogens with zero attached hydrogens (tertiary/aromatic N) is 2. The maximum absolute atomic E-state index is 14.5. The maximum Gasteiger partial charge on any atom is 0.322 e. The molecular weight excluding hydrogens is 388 g/mol. The highest BCUT2D eigenvalue weighted by Gasteiger charge is 2.33. The molecule has 7 heteroatoms. The Morgan fingerprint density at radius 1 is 1.04 bits per heavy atom. The lowest BCUT2D eigenvalue weighted by Gasteiger charge is -2.37. The highest BCUT2D eigenvalue weighted by atomic mass is 35.5. The number of anilines is 1. The number of aromatic nitrogens is 1. The van der Waals surface area contributed by atoms with Gasteiger partial charge in [-0.05, 0) is 36.4 Å². The molecule has 0 saturated carbocycles. The van der Waals surface area contributed by atoms with Gasteiger partial charge in [0.15, 0.2) is 0 Å². The summed E-state index contributed by atoms with van der Waals surface area (Å²) in [5.41, 5.74) is 1.86. The number of carbonyl (C=O) groups is 1. The van der Waals surface area contributed by atoms with Crippen LogP contribution in [0.25, 0.3) is 0 Å². The fraction of sp³-hybridized carbons (Fsp3) is 0.150. The minimum absolute atomic E-state index is 0.325. The van der Waals surface area contributed by atoms with Crippen LogP contribution in [-0.2, 0) is 6.54 Å². The third kappa shape index (κ3) is 3.40. The van der Waals surface area contributed by atoms with Gasteiger partial charge < -0.3 is 14.8 Å². The molecule has 0 fully saturated rings. The van der Waals surface area contributed by atoms with Crippen LogP contribution in [0.2, 0.25) is 10.0 Å². The van der Waals surface area contributed by atoms with Crippen molar-refractivity contribution < 1.29 is 9.18 Å². The summed E-state index contributed by atoms with van der Waals surface area (Å²) in [5, 5.41) is 3.60. The molecule has 2 aromatic carbocycles. The molecule has 1 aromatic heterocycles. The Morgan fingerprint density at radius 2 is 1.85 bits per heavy atom. The second-order valence-corrected chi connectivity index (χ2v) is 7.12. The molecule has 0 radical (unpaired) electrons. The zero-order valence-corrected chi connectivity index (χ0v) is 15.7.